The zero-order chi connectivity index (χ0) is 17.5. The molecule has 2 aromatic rings. The van der Waals surface area contributed by atoms with Crippen LogP contribution in [0.15, 0.2) is 23.0 Å². The molecule has 128 valence electrons. The summed E-state index contributed by atoms with van der Waals surface area (Å²) in [6.45, 7) is 5.48. The van der Waals surface area contributed by atoms with Gasteiger partial charge in [0.2, 0.25) is 0 Å². The summed E-state index contributed by atoms with van der Waals surface area (Å²) in [4.78, 5) is 31.8. The Bertz CT molecular complexity index is 773. The summed E-state index contributed by atoms with van der Waals surface area (Å²) in [5.74, 6) is 1.77. The summed E-state index contributed by atoms with van der Waals surface area (Å²) in [5.41, 5.74) is -0.0618. The first-order valence-corrected chi connectivity index (χ1v) is 7.65. The highest BCUT2D eigenvalue weighted by molar-refractivity contribution is 5.91. The normalized spacial score (nSPS) is 10.3. The minimum absolute atomic E-state index is 0.199. The molecule has 0 aliphatic rings. The van der Waals surface area contributed by atoms with Gasteiger partial charge in [0, 0.05) is 38.8 Å². The van der Waals surface area contributed by atoms with E-state index >= 15 is 0 Å². The molecule has 0 aliphatic carbocycles. The highest BCUT2D eigenvalue weighted by atomic mass is 16.2. The molecule has 9 nitrogen and oxygen atoms in total. The fourth-order valence-electron chi connectivity index (χ4n) is 2.01. The summed E-state index contributed by atoms with van der Waals surface area (Å²) in [6, 6.07) is 4.53. The maximum atomic E-state index is 12.0. The van der Waals surface area contributed by atoms with Crippen LogP contribution in [0.2, 0.25) is 0 Å². The van der Waals surface area contributed by atoms with E-state index in [0.29, 0.717) is 24.7 Å². The Morgan fingerprint density at radius 2 is 1.88 bits per heavy atom. The topological polar surface area (TPSA) is 114 Å². The van der Waals surface area contributed by atoms with E-state index in [0.717, 1.165) is 17.0 Å². The molecule has 0 bridgehead atoms. The van der Waals surface area contributed by atoms with Crippen LogP contribution in [0.1, 0.15) is 23.2 Å². The lowest BCUT2D eigenvalue weighted by Gasteiger charge is -2.10. The number of amides is 1. The number of aromatic nitrogens is 4. The average molecular weight is 331 g/mol. The molecule has 2 aromatic heterocycles. The Labute approximate surface area is 139 Å². The van der Waals surface area contributed by atoms with Crippen LogP contribution in [-0.2, 0) is 7.05 Å². The number of hydrogen-bond acceptors (Lipinski definition) is 7. The van der Waals surface area contributed by atoms with Gasteiger partial charge < -0.3 is 16.0 Å². The minimum atomic E-state index is -0.334. The summed E-state index contributed by atoms with van der Waals surface area (Å²) in [6.07, 6.45) is 0. The molecule has 24 heavy (non-hydrogen) atoms. The monoisotopic (exact) mass is 331 g/mol. The number of nitrogens with one attached hydrogen (secondary N) is 3. The van der Waals surface area contributed by atoms with Crippen molar-refractivity contribution in [2.24, 2.45) is 7.05 Å². The van der Waals surface area contributed by atoms with Crippen molar-refractivity contribution >= 4 is 17.5 Å². The largest absolute Gasteiger partial charge is 0.370 e. The van der Waals surface area contributed by atoms with E-state index in [9.17, 15) is 9.59 Å². The first kappa shape index (κ1) is 17.4. The van der Waals surface area contributed by atoms with Crippen LogP contribution in [0.4, 0.5) is 11.6 Å². The van der Waals surface area contributed by atoms with Crippen molar-refractivity contribution in [2.45, 2.75) is 13.8 Å². The number of anilines is 2. The molecule has 1 amide bonds. The zero-order valence-electron chi connectivity index (χ0n) is 14.0. The van der Waals surface area contributed by atoms with Gasteiger partial charge in [-0.2, -0.15) is 5.10 Å². The van der Waals surface area contributed by atoms with E-state index in [2.05, 4.69) is 31.0 Å². The van der Waals surface area contributed by atoms with Crippen molar-refractivity contribution in [3.8, 4) is 0 Å². The predicted molar refractivity (Wildman–Crippen MR) is 91.2 cm³/mol. The lowest BCUT2D eigenvalue weighted by molar-refractivity contribution is 0.0948. The van der Waals surface area contributed by atoms with E-state index in [1.54, 1.807) is 0 Å². The molecular weight excluding hydrogens is 310 g/mol. The van der Waals surface area contributed by atoms with Crippen molar-refractivity contribution in [1.29, 1.82) is 0 Å². The molecule has 0 spiro atoms. The fraction of sp³-hybridized carbons (Fsp3) is 0.400. The molecule has 0 saturated heterocycles. The van der Waals surface area contributed by atoms with Gasteiger partial charge in [-0.05, 0) is 19.9 Å². The molecule has 0 fully saturated rings. The Balaban J connectivity index is 1.85. The molecule has 3 N–H and O–H groups in total. The molecule has 0 aromatic carbocycles. The van der Waals surface area contributed by atoms with Crippen LogP contribution in [0.3, 0.4) is 0 Å². The van der Waals surface area contributed by atoms with Gasteiger partial charge in [0.25, 0.3) is 11.5 Å². The summed E-state index contributed by atoms with van der Waals surface area (Å²) in [7, 11) is 1.50. The second-order valence-electron chi connectivity index (χ2n) is 5.08. The van der Waals surface area contributed by atoms with Crippen LogP contribution < -0.4 is 21.5 Å². The van der Waals surface area contributed by atoms with Crippen molar-refractivity contribution in [3.63, 3.8) is 0 Å². The fourth-order valence-corrected chi connectivity index (χ4v) is 2.01. The summed E-state index contributed by atoms with van der Waals surface area (Å²) in [5, 5.41) is 12.9. The van der Waals surface area contributed by atoms with Crippen LogP contribution >= 0.6 is 0 Å². The number of rotatable bonds is 7. The Morgan fingerprint density at radius 1 is 1.17 bits per heavy atom. The molecule has 9 heteroatoms. The number of hydrogen-bond donors (Lipinski definition) is 3. The van der Waals surface area contributed by atoms with Gasteiger partial charge in [-0.15, -0.1) is 0 Å². The van der Waals surface area contributed by atoms with Crippen LogP contribution in [-0.4, -0.2) is 45.3 Å². The van der Waals surface area contributed by atoms with Gasteiger partial charge in [-0.1, -0.05) is 0 Å². The lowest BCUT2D eigenvalue weighted by Crippen LogP contribution is -2.31. The predicted octanol–water partition coefficient (Wildman–Crippen LogP) is 0.152. The third-order valence-corrected chi connectivity index (χ3v) is 3.11. The second kappa shape index (κ2) is 8.04. The van der Waals surface area contributed by atoms with Crippen LogP contribution in [0.5, 0.6) is 0 Å². The Hall–Kier alpha value is -2.97. The summed E-state index contributed by atoms with van der Waals surface area (Å²) >= 11 is 0. The van der Waals surface area contributed by atoms with Crippen molar-refractivity contribution < 1.29 is 4.79 Å². The van der Waals surface area contributed by atoms with E-state index < -0.39 is 0 Å². The van der Waals surface area contributed by atoms with Crippen molar-refractivity contribution in [3.05, 3.63) is 40.1 Å². The van der Waals surface area contributed by atoms with Gasteiger partial charge in [-0.25, -0.2) is 14.6 Å². The minimum Gasteiger partial charge on any atom is -0.370 e. The first-order chi connectivity index (χ1) is 11.5. The van der Waals surface area contributed by atoms with Crippen molar-refractivity contribution in [1.82, 2.24) is 25.1 Å². The smallest absolute Gasteiger partial charge is 0.271 e. The third kappa shape index (κ3) is 4.77. The first-order valence-electron chi connectivity index (χ1n) is 7.65. The highest BCUT2D eigenvalue weighted by Crippen LogP contribution is 2.10. The average Bonchev–Trinajstić information content (AvgIpc) is 2.54. The van der Waals surface area contributed by atoms with E-state index in [4.69, 9.17) is 0 Å². The molecule has 0 unspecified atom stereocenters. The molecule has 0 aliphatic heterocycles. The standard InChI is InChI=1S/C15H21N7O2/c1-4-16-12-9-13(20-10(2)19-12)17-7-8-18-15(24)11-5-6-14(23)22(3)21-11/h5-6,9H,4,7-8H2,1-3H3,(H,18,24)(H2,16,17,19,20). The van der Waals surface area contributed by atoms with Crippen LogP contribution in [0, 0.1) is 6.92 Å². The quantitative estimate of drug-likeness (QED) is 0.619. The van der Waals surface area contributed by atoms with E-state index in [-0.39, 0.29) is 17.2 Å². The SMILES string of the molecule is CCNc1cc(NCCNC(=O)c2ccc(=O)n(C)n2)nc(C)n1. The second-order valence-corrected chi connectivity index (χ2v) is 5.08. The Kier molecular flexibility index (Phi) is 5.83. The molecule has 2 rings (SSSR count). The van der Waals surface area contributed by atoms with Gasteiger partial charge in [0.1, 0.15) is 23.2 Å². The molecular formula is C15H21N7O2. The van der Waals surface area contributed by atoms with E-state index in [1.807, 2.05) is 19.9 Å². The summed E-state index contributed by atoms with van der Waals surface area (Å²) < 4.78 is 1.12. The van der Waals surface area contributed by atoms with E-state index in [1.165, 1.54) is 19.2 Å². The zero-order valence-corrected chi connectivity index (χ0v) is 14.0. The molecule has 0 saturated carbocycles. The van der Waals surface area contributed by atoms with Gasteiger partial charge in [-0.3, -0.25) is 9.59 Å². The maximum Gasteiger partial charge on any atom is 0.271 e. The maximum absolute atomic E-state index is 12.0. The number of carbonyl (C=O) groups excluding carboxylic acids is 1. The lowest BCUT2D eigenvalue weighted by atomic mass is 10.3. The third-order valence-electron chi connectivity index (χ3n) is 3.11. The van der Waals surface area contributed by atoms with Crippen molar-refractivity contribution in [2.75, 3.05) is 30.3 Å². The number of nitrogens with zero attached hydrogens (tertiary/aromatic N) is 4. The number of aryl methyl sites for hydroxylation is 2. The number of carbonyl (C=O) groups is 1. The highest BCUT2D eigenvalue weighted by Gasteiger charge is 2.07. The molecule has 2 heterocycles. The molecule has 0 atom stereocenters. The van der Waals surface area contributed by atoms with Gasteiger partial charge in [0.05, 0.1) is 0 Å². The van der Waals surface area contributed by atoms with Gasteiger partial charge in [0.15, 0.2) is 0 Å². The molecule has 0 radical (unpaired) electrons. The Morgan fingerprint density at radius 3 is 2.54 bits per heavy atom. The van der Waals surface area contributed by atoms with Crippen LogP contribution in [0.25, 0.3) is 0 Å². The van der Waals surface area contributed by atoms with Gasteiger partial charge >= 0.3 is 0 Å².